The van der Waals surface area contributed by atoms with Crippen molar-refractivity contribution in [3.05, 3.63) is 30.1 Å². The van der Waals surface area contributed by atoms with Crippen LogP contribution >= 0.6 is 0 Å². The normalized spacial score (nSPS) is 29.9. The van der Waals surface area contributed by atoms with E-state index in [1.54, 1.807) is 6.20 Å². The van der Waals surface area contributed by atoms with E-state index in [2.05, 4.69) is 9.88 Å². The Labute approximate surface area is 202 Å². The van der Waals surface area contributed by atoms with Gasteiger partial charge in [-0.1, -0.05) is 6.07 Å². The monoisotopic (exact) mass is 470 g/mol. The number of hydrogen-bond donors (Lipinski definition) is 0. The van der Waals surface area contributed by atoms with Crippen molar-refractivity contribution in [3.8, 4) is 0 Å². The molecule has 3 saturated heterocycles. The van der Waals surface area contributed by atoms with Gasteiger partial charge in [-0.25, -0.2) is 9.59 Å². The number of pyridine rings is 1. The lowest BCUT2D eigenvalue weighted by molar-refractivity contribution is -0.0161. The molecule has 0 unspecified atom stereocenters. The summed E-state index contributed by atoms with van der Waals surface area (Å²) in [6.07, 6.45) is 9.32. The number of piperidine rings is 1. The van der Waals surface area contributed by atoms with Crippen LogP contribution in [0.5, 0.6) is 0 Å². The number of likely N-dealkylation sites (tertiary alicyclic amines) is 3. The molecule has 4 fully saturated rings. The van der Waals surface area contributed by atoms with Crippen LogP contribution in [0.4, 0.5) is 9.59 Å². The maximum absolute atomic E-state index is 12.8. The van der Waals surface area contributed by atoms with Crippen LogP contribution < -0.4 is 0 Å². The Morgan fingerprint density at radius 2 is 1.88 bits per heavy atom. The Hall–Kier alpha value is -2.35. The van der Waals surface area contributed by atoms with Crippen LogP contribution in [0.3, 0.4) is 0 Å². The predicted molar refractivity (Wildman–Crippen MR) is 127 cm³/mol. The number of rotatable bonds is 5. The molecule has 0 bridgehead atoms. The van der Waals surface area contributed by atoms with Crippen LogP contribution in [0, 0.1) is 11.3 Å². The summed E-state index contributed by atoms with van der Waals surface area (Å²) in [7, 11) is 0. The molecule has 1 aromatic rings. The first-order valence-electron chi connectivity index (χ1n) is 13.1. The second-order valence-corrected chi connectivity index (χ2v) is 10.6. The Morgan fingerprint density at radius 1 is 1.06 bits per heavy atom. The van der Waals surface area contributed by atoms with Gasteiger partial charge in [0, 0.05) is 37.9 Å². The fourth-order valence-electron chi connectivity index (χ4n) is 6.72. The summed E-state index contributed by atoms with van der Waals surface area (Å²) < 4.78 is 10.8. The van der Waals surface area contributed by atoms with E-state index in [9.17, 15) is 9.59 Å². The molecular formula is C26H38N4O4. The minimum Gasteiger partial charge on any atom is -0.450 e. The van der Waals surface area contributed by atoms with Crippen LogP contribution in [0.25, 0.3) is 0 Å². The van der Waals surface area contributed by atoms with Gasteiger partial charge in [0.05, 0.1) is 12.3 Å². The number of hydrogen-bond acceptors (Lipinski definition) is 6. The number of amides is 2. The third-order valence-electron chi connectivity index (χ3n) is 8.54. The van der Waals surface area contributed by atoms with Crippen LogP contribution in [-0.4, -0.2) is 83.3 Å². The van der Waals surface area contributed by atoms with Crippen molar-refractivity contribution < 1.29 is 19.1 Å². The SMILES string of the molecule is CCOC(=O)N1CCC2(CC(N3CCC([C@@H]4CCCN4C(=O)OCc4ccccn4)CC3)C2)C1. The van der Waals surface area contributed by atoms with Gasteiger partial charge in [0.15, 0.2) is 0 Å². The summed E-state index contributed by atoms with van der Waals surface area (Å²) in [4.78, 5) is 35.6. The minimum absolute atomic E-state index is 0.150. The molecule has 1 aromatic heterocycles. The van der Waals surface area contributed by atoms with Crippen LogP contribution in [0.15, 0.2) is 24.4 Å². The number of carbonyl (C=O) groups is 2. The van der Waals surface area contributed by atoms with E-state index in [1.807, 2.05) is 34.9 Å². The maximum Gasteiger partial charge on any atom is 0.410 e. The zero-order valence-electron chi connectivity index (χ0n) is 20.4. The zero-order chi connectivity index (χ0) is 23.5. The van der Waals surface area contributed by atoms with Gasteiger partial charge in [-0.2, -0.15) is 0 Å². The van der Waals surface area contributed by atoms with Gasteiger partial charge in [0.1, 0.15) is 6.61 Å². The average Bonchev–Trinajstić information content (AvgIpc) is 3.51. The van der Waals surface area contributed by atoms with Gasteiger partial charge in [-0.3, -0.25) is 4.98 Å². The summed E-state index contributed by atoms with van der Waals surface area (Å²) in [5.41, 5.74) is 1.10. The second-order valence-electron chi connectivity index (χ2n) is 10.6. The average molecular weight is 471 g/mol. The largest absolute Gasteiger partial charge is 0.450 e. The molecule has 1 saturated carbocycles. The fourth-order valence-corrected chi connectivity index (χ4v) is 6.72. The number of nitrogens with zero attached hydrogens (tertiary/aromatic N) is 4. The summed E-state index contributed by atoms with van der Waals surface area (Å²) in [5.74, 6) is 0.556. The molecule has 1 spiro atoms. The first-order chi connectivity index (χ1) is 16.6. The lowest BCUT2D eigenvalue weighted by atomic mass is 9.64. The third kappa shape index (κ3) is 4.88. The molecule has 4 aliphatic rings. The lowest BCUT2D eigenvalue weighted by Crippen LogP contribution is -2.55. The highest BCUT2D eigenvalue weighted by Crippen LogP contribution is 2.51. The van der Waals surface area contributed by atoms with E-state index < -0.39 is 0 Å². The summed E-state index contributed by atoms with van der Waals surface area (Å²) in [5, 5.41) is 0. The van der Waals surface area contributed by atoms with Gasteiger partial charge in [-0.15, -0.1) is 0 Å². The van der Waals surface area contributed by atoms with E-state index in [0.29, 0.717) is 30.0 Å². The highest BCUT2D eigenvalue weighted by molar-refractivity contribution is 5.68. The Balaban J connectivity index is 1.06. The quantitative estimate of drug-likeness (QED) is 0.650. The van der Waals surface area contributed by atoms with Crippen molar-refractivity contribution in [3.63, 3.8) is 0 Å². The number of ether oxygens (including phenoxy) is 2. The van der Waals surface area contributed by atoms with E-state index in [-0.39, 0.29) is 18.8 Å². The summed E-state index contributed by atoms with van der Waals surface area (Å²) >= 11 is 0. The highest BCUT2D eigenvalue weighted by Gasteiger charge is 2.51. The molecule has 8 nitrogen and oxygen atoms in total. The van der Waals surface area contributed by atoms with Gasteiger partial charge in [0.25, 0.3) is 0 Å². The molecule has 34 heavy (non-hydrogen) atoms. The molecule has 2 amide bonds. The van der Waals surface area contributed by atoms with Crippen molar-refractivity contribution in [2.45, 2.75) is 70.6 Å². The highest BCUT2D eigenvalue weighted by atomic mass is 16.6. The van der Waals surface area contributed by atoms with Crippen LogP contribution in [0.1, 0.15) is 57.6 Å². The van der Waals surface area contributed by atoms with Crippen molar-refractivity contribution in [2.75, 3.05) is 39.3 Å². The van der Waals surface area contributed by atoms with Gasteiger partial charge < -0.3 is 24.2 Å². The molecule has 1 atom stereocenters. The lowest BCUT2D eigenvalue weighted by Gasteiger charge is -2.52. The minimum atomic E-state index is -0.191. The second kappa shape index (κ2) is 10.1. The summed E-state index contributed by atoms with van der Waals surface area (Å²) in [6, 6.07) is 6.61. The molecule has 0 N–H and O–H groups in total. The Kier molecular flexibility index (Phi) is 6.95. The van der Waals surface area contributed by atoms with Crippen molar-refractivity contribution in [1.29, 1.82) is 0 Å². The first kappa shape index (κ1) is 23.4. The molecule has 0 aromatic carbocycles. The smallest absolute Gasteiger partial charge is 0.410 e. The molecule has 186 valence electrons. The van der Waals surface area contributed by atoms with Gasteiger partial charge >= 0.3 is 12.2 Å². The molecule has 3 aliphatic heterocycles. The maximum atomic E-state index is 12.8. The van der Waals surface area contributed by atoms with Crippen molar-refractivity contribution in [1.82, 2.24) is 19.7 Å². The number of carbonyl (C=O) groups excluding carboxylic acids is 2. The molecule has 1 aliphatic carbocycles. The zero-order valence-corrected chi connectivity index (χ0v) is 20.4. The number of aromatic nitrogens is 1. The topological polar surface area (TPSA) is 75.2 Å². The standard InChI is InChI=1S/C26H38N4O4/c1-2-33-24(31)29-15-10-26(19-29)16-22(17-26)28-13-8-20(9-14-28)23-7-5-12-30(23)25(32)34-18-21-6-3-4-11-27-21/h3-4,6,11,20,22-23H,2,5,7-10,12-19H2,1H3/t22?,23-,26?/m0/s1. The van der Waals surface area contributed by atoms with E-state index in [4.69, 9.17) is 9.47 Å². The van der Waals surface area contributed by atoms with Crippen LogP contribution in [0.2, 0.25) is 0 Å². The predicted octanol–water partition coefficient (Wildman–Crippen LogP) is 3.91. The Morgan fingerprint density at radius 3 is 2.62 bits per heavy atom. The van der Waals surface area contributed by atoms with Crippen molar-refractivity contribution >= 4 is 12.2 Å². The van der Waals surface area contributed by atoms with Gasteiger partial charge in [0.2, 0.25) is 0 Å². The van der Waals surface area contributed by atoms with E-state index >= 15 is 0 Å². The third-order valence-corrected chi connectivity index (χ3v) is 8.54. The fraction of sp³-hybridized carbons (Fsp3) is 0.731. The molecular weight excluding hydrogens is 432 g/mol. The molecule has 4 heterocycles. The van der Waals surface area contributed by atoms with Crippen molar-refractivity contribution in [2.24, 2.45) is 11.3 Å². The molecule has 0 radical (unpaired) electrons. The molecule has 5 rings (SSSR count). The molecule has 8 heteroatoms. The first-order valence-corrected chi connectivity index (χ1v) is 13.1. The van der Waals surface area contributed by atoms with Gasteiger partial charge in [-0.05, 0) is 88.4 Å². The van der Waals surface area contributed by atoms with Crippen LogP contribution in [-0.2, 0) is 16.1 Å². The Bertz CT molecular complexity index is 852. The van der Waals surface area contributed by atoms with E-state index in [1.165, 1.54) is 12.8 Å². The summed E-state index contributed by atoms with van der Waals surface area (Å²) in [6.45, 7) is 7.26. The van der Waals surface area contributed by atoms with E-state index in [0.717, 1.165) is 70.5 Å².